The zero-order valence-corrected chi connectivity index (χ0v) is 13.9. The van der Waals surface area contributed by atoms with Crippen molar-refractivity contribution >= 4 is 17.8 Å². The van der Waals surface area contributed by atoms with Gasteiger partial charge < -0.3 is 9.47 Å². The van der Waals surface area contributed by atoms with Crippen molar-refractivity contribution < 1.29 is 23.9 Å². The van der Waals surface area contributed by atoms with Crippen molar-refractivity contribution in [3.8, 4) is 5.75 Å². The van der Waals surface area contributed by atoms with Crippen LogP contribution in [0.2, 0.25) is 0 Å². The number of ether oxygens (including phenoxy) is 2. The SMILES string of the molecule is COC(=O)C1C(=O)N(Cc2ccc(OC)cc2)C(=O)c2ccccc21. The van der Waals surface area contributed by atoms with E-state index in [0.717, 1.165) is 10.5 Å². The third-order valence-corrected chi connectivity index (χ3v) is 4.20. The van der Waals surface area contributed by atoms with Crippen molar-refractivity contribution in [1.29, 1.82) is 0 Å². The molecule has 3 rings (SSSR count). The van der Waals surface area contributed by atoms with Gasteiger partial charge in [0.2, 0.25) is 5.91 Å². The van der Waals surface area contributed by atoms with Crippen molar-refractivity contribution in [3.05, 3.63) is 65.2 Å². The van der Waals surface area contributed by atoms with Crippen LogP contribution < -0.4 is 4.74 Å². The van der Waals surface area contributed by atoms with Crippen molar-refractivity contribution in [2.45, 2.75) is 12.5 Å². The summed E-state index contributed by atoms with van der Waals surface area (Å²) < 4.78 is 9.87. The molecular weight excluding hydrogens is 322 g/mol. The van der Waals surface area contributed by atoms with Crippen LogP contribution in [-0.4, -0.2) is 36.9 Å². The molecule has 0 aromatic heterocycles. The topological polar surface area (TPSA) is 72.9 Å². The first-order chi connectivity index (χ1) is 12.1. The van der Waals surface area contributed by atoms with E-state index < -0.39 is 23.7 Å². The Morgan fingerprint density at radius 3 is 2.36 bits per heavy atom. The maximum atomic E-state index is 12.8. The summed E-state index contributed by atoms with van der Waals surface area (Å²) in [6.45, 7) is 0.0729. The van der Waals surface area contributed by atoms with Gasteiger partial charge in [0, 0.05) is 5.56 Å². The molecule has 6 heteroatoms. The van der Waals surface area contributed by atoms with E-state index in [1.54, 1.807) is 55.6 Å². The molecule has 0 saturated carbocycles. The average molecular weight is 339 g/mol. The van der Waals surface area contributed by atoms with Gasteiger partial charge in [0.1, 0.15) is 5.75 Å². The summed E-state index contributed by atoms with van der Waals surface area (Å²) in [6.07, 6.45) is 0. The van der Waals surface area contributed by atoms with Gasteiger partial charge in [0.05, 0.1) is 20.8 Å². The third-order valence-electron chi connectivity index (χ3n) is 4.20. The molecule has 0 radical (unpaired) electrons. The Hall–Kier alpha value is -3.15. The number of methoxy groups -OCH3 is 2. The summed E-state index contributed by atoms with van der Waals surface area (Å²) in [5.74, 6) is -2.12. The Labute approximate surface area is 145 Å². The highest BCUT2D eigenvalue weighted by Gasteiger charge is 2.43. The number of imide groups is 1. The second kappa shape index (κ2) is 6.76. The van der Waals surface area contributed by atoms with Gasteiger partial charge in [0.25, 0.3) is 5.91 Å². The summed E-state index contributed by atoms with van der Waals surface area (Å²) in [4.78, 5) is 38.8. The second-order valence-electron chi connectivity index (χ2n) is 5.62. The molecule has 1 unspecified atom stereocenters. The van der Waals surface area contributed by atoms with E-state index in [2.05, 4.69) is 0 Å². The standard InChI is InChI=1S/C19H17NO5/c1-24-13-9-7-12(8-10-13)11-20-17(21)15-6-4-3-5-14(15)16(18(20)22)19(23)25-2/h3-10,16H,11H2,1-2H3. The fourth-order valence-electron chi connectivity index (χ4n) is 2.89. The Kier molecular flexibility index (Phi) is 4.52. The molecule has 0 bridgehead atoms. The van der Waals surface area contributed by atoms with Crippen LogP contribution in [0.25, 0.3) is 0 Å². The monoisotopic (exact) mass is 339 g/mol. The highest BCUT2D eigenvalue weighted by molar-refractivity contribution is 6.17. The maximum Gasteiger partial charge on any atom is 0.322 e. The second-order valence-corrected chi connectivity index (χ2v) is 5.62. The number of hydrogen-bond donors (Lipinski definition) is 0. The van der Waals surface area contributed by atoms with Crippen LogP contribution in [-0.2, 0) is 20.9 Å². The van der Waals surface area contributed by atoms with Gasteiger partial charge in [-0.3, -0.25) is 19.3 Å². The summed E-state index contributed by atoms with van der Waals surface area (Å²) in [6, 6.07) is 13.7. The third kappa shape index (κ3) is 2.98. The fourth-order valence-corrected chi connectivity index (χ4v) is 2.89. The lowest BCUT2D eigenvalue weighted by Gasteiger charge is -2.31. The van der Waals surface area contributed by atoms with E-state index >= 15 is 0 Å². The van der Waals surface area contributed by atoms with Crippen LogP contribution in [0.15, 0.2) is 48.5 Å². The molecule has 2 aromatic rings. The van der Waals surface area contributed by atoms with Gasteiger partial charge in [-0.05, 0) is 29.3 Å². The highest BCUT2D eigenvalue weighted by atomic mass is 16.5. The summed E-state index contributed by atoms with van der Waals surface area (Å²) >= 11 is 0. The van der Waals surface area contributed by atoms with Crippen molar-refractivity contribution in [1.82, 2.24) is 4.90 Å². The smallest absolute Gasteiger partial charge is 0.322 e. The molecule has 0 fully saturated rings. The molecule has 0 N–H and O–H groups in total. The minimum Gasteiger partial charge on any atom is -0.497 e. The number of hydrogen-bond acceptors (Lipinski definition) is 5. The van der Waals surface area contributed by atoms with Crippen LogP contribution in [0, 0.1) is 0 Å². The minimum atomic E-state index is -1.13. The molecule has 25 heavy (non-hydrogen) atoms. The largest absolute Gasteiger partial charge is 0.497 e. The zero-order valence-electron chi connectivity index (χ0n) is 13.9. The molecule has 1 atom stereocenters. The normalized spacial score (nSPS) is 16.4. The number of fused-ring (bicyclic) bond motifs is 1. The van der Waals surface area contributed by atoms with Crippen molar-refractivity contribution in [2.75, 3.05) is 14.2 Å². The number of carbonyl (C=O) groups excluding carboxylic acids is 3. The predicted molar refractivity (Wildman–Crippen MR) is 89.1 cm³/mol. The lowest BCUT2D eigenvalue weighted by molar-refractivity contribution is -0.149. The molecule has 2 aromatic carbocycles. The lowest BCUT2D eigenvalue weighted by atomic mass is 9.88. The molecule has 2 amide bonds. The van der Waals surface area contributed by atoms with Crippen LogP contribution in [0.5, 0.6) is 5.75 Å². The maximum absolute atomic E-state index is 12.8. The summed E-state index contributed by atoms with van der Waals surface area (Å²) in [5.41, 5.74) is 1.48. The van der Waals surface area contributed by atoms with Crippen LogP contribution in [0.4, 0.5) is 0 Å². The van der Waals surface area contributed by atoms with Crippen LogP contribution >= 0.6 is 0 Å². The number of rotatable bonds is 4. The van der Waals surface area contributed by atoms with Gasteiger partial charge in [-0.2, -0.15) is 0 Å². The molecule has 1 aliphatic heterocycles. The first-order valence-corrected chi connectivity index (χ1v) is 7.72. The number of carbonyl (C=O) groups is 3. The molecule has 1 aliphatic rings. The molecular formula is C19H17NO5. The highest BCUT2D eigenvalue weighted by Crippen LogP contribution is 2.31. The quantitative estimate of drug-likeness (QED) is 0.485. The number of esters is 1. The summed E-state index contributed by atoms with van der Waals surface area (Å²) in [7, 11) is 2.78. The first kappa shape index (κ1) is 16.7. The summed E-state index contributed by atoms with van der Waals surface area (Å²) in [5, 5.41) is 0. The lowest BCUT2D eigenvalue weighted by Crippen LogP contribution is -2.46. The molecule has 0 aliphatic carbocycles. The van der Waals surface area contributed by atoms with E-state index in [1.165, 1.54) is 7.11 Å². The Morgan fingerprint density at radius 2 is 1.72 bits per heavy atom. The molecule has 1 heterocycles. The van der Waals surface area contributed by atoms with Crippen LogP contribution in [0.1, 0.15) is 27.4 Å². The van der Waals surface area contributed by atoms with Gasteiger partial charge in [-0.15, -0.1) is 0 Å². The minimum absolute atomic E-state index is 0.0729. The van der Waals surface area contributed by atoms with Gasteiger partial charge in [-0.25, -0.2) is 0 Å². The van der Waals surface area contributed by atoms with E-state index in [0.29, 0.717) is 16.9 Å². The predicted octanol–water partition coefficient (Wildman–Crippen LogP) is 2.13. The molecule has 0 saturated heterocycles. The number of nitrogens with zero attached hydrogens (tertiary/aromatic N) is 1. The fraction of sp³-hybridized carbons (Fsp3) is 0.211. The molecule has 128 valence electrons. The van der Waals surface area contributed by atoms with Gasteiger partial charge in [-0.1, -0.05) is 30.3 Å². The van der Waals surface area contributed by atoms with Crippen LogP contribution in [0.3, 0.4) is 0 Å². The van der Waals surface area contributed by atoms with Gasteiger partial charge in [0.15, 0.2) is 5.92 Å². The van der Waals surface area contributed by atoms with Crippen molar-refractivity contribution in [3.63, 3.8) is 0 Å². The van der Waals surface area contributed by atoms with E-state index in [4.69, 9.17) is 9.47 Å². The van der Waals surface area contributed by atoms with E-state index in [1.807, 2.05) is 0 Å². The Bertz CT molecular complexity index is 828. The number of amides is 2. The average Bonchev–Trinajstić information content (AvgIpc) is 2.65. The molecule has 0 spiro atoms. The van der Waals surface area contributed by atoms with Crippen molar-refractivity contribution in [2.24, 2.45) is 0 Å². The zero-order chi connectivity index (χ0) is 18.0. The van der Waals surface area contributed by atoms with Gasteiger partial charge >= 0.3 is 5.97 Å². The van der Waals surface area contributed by atoms with E-state index in [9.17, 15) is 14.4 Å². The Balaban J connectivity index is 1.98. The molecule has 6 nitrogen and oxygen atoms in total. The first-order valence-electron chi connectivity index (χ1n) is 7.72. The number of benzene rings is 2. The Morgan fingerprint density at radius 1 is 1.04 bits per heavy atom. The van der Waals surface area contributed by atoms with E-state index in [-0.39, 0.29) is 6.54 Å².